The zero-order valence-corrected chi connectivity index (χ0v) is 14.8. The quantitative estimate of drug-likeness (QED) is 0.819. The molecule has 2 aromatic rings. The van der Waals surface area contributed by atoms with E-state index in [1.54, 1.807) is 30.3 Å². The van der Waals surface area contributed by atoms with Crippen LogP contribution < -0.4 is 24.3 Å². The van der Waals surface area contributed by atoms with Gasteiger partial charge < -0.3 is 24.3 Å². The molecule has 26 heavy (non-hydrogen) atoms. The minimum Gasteiger partial charge on any atom is -0.494 e. The molecule has 2 aromatic carbocycles. The van der Waals surface area contributed by atoms with E-state index in [9.17, 15) is 4.79 Å². The number of carbonyl (C=O) groups is 1. The number of hydrogen-bond donors (Lipinski definition) is 1. The highest BCUT2D eigenvalue weighted by atomic mass is 16.5. The second-order valence-corrected chi connectivity index (χ2v) is 5.87. The molecule has 1 amide bonds. The third-order valence-electron chi connectivity index (χ3n) is 3.70. The predicted octanol–water partition coefficient (Wildman–Crippen LogP) is 3.65. The maximum absolute atomic E-state index is 12.1. The summed E-state index contributed by atoms with van der Waals surface area (Å²) in [4.78, 5) is 12.1. The molecular weight excluding hydrogens is 334 g/mol. The smallest absolute Gasteiger partial charge is 0.262 e. The molecule has 0 saturated carbocycles. The van der Waals surface area contributed by atoms with Gasteiger partial charge in [-0.1, -0.05) is 6.92 Å². The van der Waals surface area contributed by atoms with Crippen molar-refractivity contribution in [2.45, 2.75) is 19.8 Å². The number of nitrogens with one attached hydrogen (secondary N) is 1. The summed E-state index contributed by atoms with van der Waals surface area (Å²) in [6.07, 6.45) is 1.80. The molecule has 3 rings (SSSR count). The number of fused-ring (bicyclic) bond motifs is 1. The van der Waals surface area contributed by atoms with Crippen molar-refractivity contribution in [1.29, 1.82) is 0 Å². The van der Waals surface area contributed by atoms with Crippen LogP contribution >= 0.6 is 0 Å². The molecule has 138 valence electrons. The normalized spacial score (nSPS) is 12.8. The van der Waals surface area contributed by atoms with Gasteiger partial charge in [-0.15, -0.1) is 0 Å². The number of ether oxygens (including phenoxy) is 4. The van der Waals surface area contributed by atoms with Crippen LogP contribution in [0, 0.1) is 0 Å². The highest BCUT2D eigenvalue weighted by molar-refractivity contribution is 5.92. The predicted molar refractivity (Wildman–Crippen MR) is 98.4 cm³/mol. The highest BCUT2D eigenvalue weighted by Crippen LogP contribution is 2.32. The van der Waals surface area contributed by atoms with Crippen molar-refractivity contribution in [1.82, 2.24) is 0 Å². The first-order chi connectivity index (χ1) is 12.7. The highest BCUT2D eigenvalue weighted by Gasteiger charge is 2.12. The molecule has 0 aliphatic carbocycles. The third kappa shape index (κ3) is 5.05. The van der Waals surface area contributed by atoms with E-state index in [2.05, 4.69) is 12.2 Å². The van der Waals surface area contributed by atoms with Gasteiger partial charge in [-0.25, -0.2) is 0 Å². The number of hydrogen-bond acceptors (Lipinski definition) is 5. The minimum atomic E-state index is -0.245. The molecule has 6 heteroatoms. The summed E-state index contributed by atoms with van der Waals surface area (Å²) >= 11 is 0. The summed E-state index contributed by atoms with van der Waals surface area (Å²) in [6, 6.07) is 12.6. The Balaban J connectivity index is 1.50. The van der Waals surface area contributed by atoms with Crippen LogP contribution in [0.1, 0.15) is 19.8 Å². The fourth-order valence-electron chi connectivity index (χ4n) is 2.44. The first-order valence-electron chi connectivity index (χ1n) is 8.80. The van der Waals surface area contributed by atoms with E-state index >= 15 is 0 Å². The van der Waals surface area contributed by atoms with Gasteiger partial charge in [0.2, 0.25) is 0 Å². The Bertz CT molecular complexity index is 729. The van der Waals surface area contributed by atoms with Crippen LogP contribution in [0.15, 0.2) is 42.5 Å². The summed E-state index contributed by atoms with van der Waals surface area (Å²) in [5.74, 6) is 2.50. The minimum absolute atomic E-state index is 0.0798. The summed E-state index contributed by atoms with van der Waals surface area (Å²) in [7, 11) is 0. The van der Waals surface area contributed by atoms with Gasteiger partial charge in [0.05, 0.1) is 19.8 Å². The van der Waals surface area contributed by atoms with Crippen LogP contribution in [0.4, 0.5) is 5.69 Å². The van der Waals surface area contributed by atoms with E-state index in [0.29, 0.717) is 42.8 Å². The van der Waals surface area contributed by atoms with Gasteiger partial charge in [-0.05, 0) is 42.8 Å². The lowest BCUT2D eigenvalue weighted by molar-refractivity contribution is -0.118. The van der Waals surface area contributed by atoms with Gasteiger partial charge in [-0.2, -0.15) is 0 Å². The van der Waals surface area contributed by atoms with Gasteiger partial charge in [0, 0.05) is 18.2 Å². The van der Waals surface area contributed by atoms with Crippen molar-refractivity contribution in [2.24, 2.45) is 0 Å². The molecule has 0 spiro atoms. The number of rotatable bonds is 7. The summed E-state index contributed by atoms with van der Waals surface area (Å²) in [5.41, 5.74) is 0.645. The molecule has 0 unspecified atom stereocenters. The Labute approximate surface area is 153 Å². The lowest BCUT2D eigenvalue weighted by Crippen LogP contribution is -2.20. The molecular formula is C20H23NO5. The second-order valence-electron chi connectivity index (χ2n) is 5.87. The molecule has 1 aliphatic rings. The SMILES string of the molecule is CCCOc1ccc(OCC(=O)Nc2ccc3c(c2)OCCCO3)cc1. The summed E-state index contributed by atoms with van der Waals surface area (Å²) < 4.78 is 22.2. The van der Waals surface area contributed by atoms with Crippen molar-refractivity contribution >= 4 is 11.6 Å². The van der Waals surface area contributed by atoms with Crippen molar-refractivity contribution in [3.63, 3.8) is 0 Å². The van der Waals surface area contributed by atoms with E-state index in [-0.39, 0.29) is 12.5 Å². The van der Waals surface area contributed by atoms with E-state index in [1.807, 2.05) is 12.1 Å². The largest absolute Gasteiger partial charge is 0.494 e. The zero-order chi connectivity index (χ0) is 18.2. The number of carbonyl (C=O) groups excluding carboxylic acids is 1. The molecule has 0 aromatic heterocycles. The number of amides is 1. The van der Waals surface area contributed by atoms with Crippen LogP contribution in [0.2, 0.25) is 0 Å². The first kappa shape index (κ1) is 17.9. The number of anilines is 1. The van der Waals surface area contributed by atoms with Crippen LogP contribution in [-0.2, 0) is 4.79 Å². The van der Waals surface area contributed by atoms with Gasteiger partial charge in [-0.3, -0.25) is 4.79 Å². The maximum Gasteiger partial charge on any atom is 0.262 e. The van der Waals surface area contributed by atoms with Crippen molar-refractivity contribution in [2.75, 3.05) is 31.7 Å². The Morgan fingerprint density at radius 2 is 1.69 bits per heavy atom. The maximum atomic E-state index is 12.1. The van der Waals surface area contributed by atoms with Gasteiger partial charge >= 0.3 is 0 Å². The lowest BCUT2D eigenvalue weighted by atomic mass is 10.2. The Hall–Kier alpha value is -2.89. The van der Waals surface area contributed by atoms with Crippen molar-refractivity contribution < 1.29 is 23.7 Å². The molecule has 0 bridgehead atoms. The fourth-order valence-corrected chi connectivity index (χ4v) is 2.44. The van der Waals surface area contributed by atoms with Crippen LogP contribution in [-0.4, -0.2) is 32.3 Å². The molecule has 0 radical (unpaired) electrons. The average Bonchev–Trinajstić information content (AvgIpc) is 2.90. The molecule has 0 fully saturated rings. The van der Waals surface area contributed by atoms with Crippen molar-refractivity contribution in [3.8, 4) is 23.0 Å². The van der Waals surface area contributed by atoms with Crippen LogP contribution in [0.5, 0.6) is 23.0 Å². The first-order valence-corrected chi connectivity index (χ1v) is 8.80. The van der Waals surface area contributed by atoms with Crippen LogP contribution in [0.3, 0.4) is 0 Å². The molecule has 0 saturated heterocycles. The van der Waals surface area contributed by atoms with E-state index in [1.165, 1.54) is 0 Å². The average molecular weight is 357 g/mol. The Morgan fingerprint density at radius 3 is 2.42 bits per heavy atom. The Kier molecular flexibility index (Phi) is 6.19. The van der Waals surface area contributed by atoms with Crippen LogP contribution in [0.25, 0.3) is 0 Å². The number of benzene rings is 2. The van der Waals surface area contributed by atoms with Gasteiger partial charge in [0.15, 0.2) is 18.1 Å². The molecule has 1 aliphatic heterocycles. The van der Waals surface area contributed by atoms with E-state index < -0.39 is 0 Å². The molecule has 1 heterocycles. The summed E-state index contributed by atoms with van der Waals surface area (Å²) in [6.45, 7) is 3.89. The van der Waals surface area contributed by atoms with E-state index in [0.717, 1.165) is 18.6 Å². The second kappa shape index (κ2) is 8.99. The molecule has 0 atom stereocenters. The molecule has 6 nitrogen and oxygen atoms in total. The van der Waals surface area contributed by atoms with E-state index in [4.69, 9.17) is 18.9 Å². The topological polar surface area (TPSA) is 66.0 Å². The Morgan fingerprint density at radius 1 is 1.00 bits per heavy atom. The van der Waals surface area contributed by atoms with Gasteiger partial charge in [0.25, 0.3) is 5.91 Å². The fraction of sp³-hybridized carbons (Fsp3) is 0.350. The molecule has 1 N–H and O–H groups in total. The third-order valence-corrected chi connectivity index (χ3v) is 3.70. The van der Waals surface area contributed by atoms with Gasteiger partial charge in [0.1, 0.15) is 11.5 Å². The monoisotopic (exact) mass is 357 g/mol. The standard InChI is InChI=1S/C20H23NO5/c1-2-10-23-16-5-7-17(8-6-16)26-14-20(22)21-15-4-9-18-19(13-15)25-12-3-11-24-18/h4-9,13H,2-3,10-12,14H2,1H3,(H,21,22). The summed E-state index contributed by atoms with van der Waals surface area (Å²) in [5, 5.41) is 2.80. The van der Waals surface area contributed by atoms with Crippen molar-refractivity contribution in [3.05, 3.63) is 42.5 Å². The zero-order valence-electron chi connectivity index (χ0n) is 14.8. The lowest BCUT2D eigenvalue weighted by Gasteiger charge is -2.11.